The molecule has 3 N–H and O–H groups in total. The van der Waals surface area contributed by atoms with E-state index in [2.05, 4.69) is 25.4 Å². The highest BCUT2D eigenvalue weighted by Gasteiger charge is 2.22. The molecule has 15 heteroatoms. The molecule has 0 aromatic heterocycles. The average molecular weight is 496 g/mol. The highest BCUT2D eigenvalue weighted by Crippen LogP contribution is 2.15. The number of piperidine rings is 1. The van der Waals surface area contributed by atoms with Gasteiger partial charge in [0, 0.05) is 13.1 Å². The number of hydrogen-bond acceptors (Lipinski definition) is 11. The van der Waals surface area contributed by atoms with Crippen molar-refractivity contribution < 1.29 is 54.3 Å². The van der Waals surface area contributed by atoms with E-state index in [1.165, 1.54) is 51.4 Å². The quantitative estimate of drug-likeness (QED) is 0.111. The van der Waals surface area contributed by atoms with Crippen LogP contribution in [0.1, 0.15) is 71.1 Å². The van der Waals surface area contributed by atoms with Gasteiger partial charge in [0.25, 0.3) is 0 Å². The molecule has 0 unspecified atom stereocenters. The predicted molar refractivity (Wildman–Crippen MR) is 108 cm³/mol. The van der Waals surface area contributed by atoms with Crippen LogP contribution in [-0.2, 0) is 39.1 Å². The Morgan fingerprint density at radius 3 is 1.74 bits per heavy atom. The molecule has 31 heavy (non-hydrogen) atoms. The van der Waals surface area contributed by atoms with Crippen molar-refractivity contribution >= 4 is 27.0 Å². The second kappa shape index (κ2) is 16.5. The lowest BCUT2D eigenvalue weighted by molar-refractivity contribution is -0.206. The predicted octanol–water partition coefficient (Wildman–Crippen LogP) is 2.76. The number of likely N-dealkylation sites (tertiary alicyclic amines) is 1. The SMILES string of the molecule is CCCCCCCCCCN1CCC(OC(=O)OO)CC1.O=S(=O)(O)OOS(=O)(=O)O. The minimum absolute atomic E-state index is 0.112. The molecule has 0 bridgehead atoms. The summed E-state index contributed by atoms with van der Waals surface area (Å²) in [6.45, 7) is 5.31. The first-order chi connectivity index (χ1) is 14.5. The second-order valence-corrected chi connectivity index (χ2v) is 8.95. The molecule has 0 atom stereocenters. The van der Waals surface area contributed by atoms with Gasteiger partial charge in [0.05, 0.1) is 0 Å². The maximum atomic E-state index is 10.8. The number of ether oxygens (including phenoxy) is 1. The molecule has 186 valence electrons. The Labute approximate surface area is 183 Å². The zero-order valence-corrected chi connectivity index (χ0v) is 19.2. The van der Waals surface area contributed by atoms with E-state index in [0.29, 0.717) is 0 Å². The van der Waals surface area contributed by atoms with E-state index in [-0.39, 0.29) is 6.10 Å². The van der Waals surface area contributed by atoms with Crippen LogP contribution in [-0.4, -0.2) is 68.0 Å². The van der Waals surface area contributed by atoms with Gasteiger partial charge >= 0.3 is 27.0 Å². The van der Waals surface area contributed by atoms with Gasteiger partial charge in [0.1, 0.15) is 6.10 Å². The fraction of sp³-hybridized carbons (Fsp3) is 0.938. The summed E-state index contributed by atoms with van der Waals surface area (Å²) in [6.07, 6.45) is 11.3. The molecule has 0 amide bonds. The zero-order chi connectivity index (χ0) is 23.8. The third-order valence-electron chi connectivity index (χ3n) is 4.40. The summed E-state index contributed by atoms with van der Waals surface area (Å²) >= 11 is 0. The fourth-order valence-electron chi connectivity index (χ4n) is 2.95. The molecule has 1 rings (SSSR count). The normalized spacial score (nSPS) is 15.7. The third kappa shape index (κ3) is 20.6. The first-order valence-corrected chi connectivity index (χ1v) is 12.8. The molecule has 0 aliphatic carbocycles. The molecule has 0 aromatic rings. The Hall–Kier alpha value is -1.07. The number of hydrogen-bond donors (Lipinski definition) is 3. The number of unbranched alkanes of at least 4 members (excludes halogenated alkanes) is 7. The van der Waals surface area contributed by atoms with E-state index >= 15 is 0 Å². The maximum Gasteiger partial charge on any atom is 0.540 e. The van der Waals surface area contributed by atoms with Crippen LogP contribution in [0.15, 0.2) is 0 Å². The standard InChI is InChI=1S/C16H31NO4.H2O8S2/c1-2-3-4-5-6-7-8-9-12-17-13-10-15(11-14-17)20-16(18)21-19;1-9(2,3)7-8-10(4,5)6/h15,19H,2-14H2,1H3;(H,1,2,3)(H,4,5,6). The Morgan fingerprint density at radius 1 is 0.871 bits per heavy atom. The highest BCUT2D eigenvalue weighted by molar-refractivity contribution is 7.83. The van der Waals surface area contributed by atoms with Crippen molar-refractivity contribution in [2.45, 2.75) is 77.2 Å². The molecule has 1 aliphatic rings. The molecule has 1 heterocycles. The first-order valence-electron chi connectivity index (χ1n) is 10.0. The molecular weight excluding hydrogens is 462 g/mol. The summed E-state index contributed by atoms with van der Waals surface area (Å²) in [4.78, 5) is 16.8. The van der Waals surface area contributed by atoms with Gasteiger partial charge in [-0.3, -0.25) is 14.0 Å². The van der Waals surface area contributed by atoms with E-state index in [0.717, 1.165) is 32.5 Å². The van der Waals surface area contributed by atoms with Crippen molar-refractivity contribution in [2.24, 2.45) is 0 Å². The average Bonchev–Trinajstić information content (AvgIpc) is 2.69. The largest absolute Gasteiger partial charge is 0.540 e. The summed E-state index contributed by atoms with van der Waals surface area (Å²) < 4.78 is 63.8. The Kier molecular flexibility index (Phi) is 16.0. The van der Waals surface area contributed by atoms with E-state index < -0.39 is 27.0 Å². The van der Waals surface area contributed by atoms with Crippen LogP contribution in [0.2, 0.25) is 0 Å². The molecular formula is C16H33NO12S2. The van der Waals surface area contributed by atoms with Crippen molar-refractivity contribution in [2.75, 3.05) is 19.6 Å². The fourth-order valence-corrected chi connectivity index (χ4v) is 3.51. The third-order valence-corrected chi connectivity index (χ3v) is 4.97. The van der Waals surface area contributed by atoms with Crippen molar-refractivity contribution in [3.8, 4) is 0 Å². The molecule has 0 saturated carbocycles. The van der Waals surface area contributed by atoms with Crippen LogP contribution in [0.25, 0.3) is 0 Å². The summed E-state index contributed by atoms with van der Waals surface area (Å²) in [7, 11) is -10.0. The molecule has 1 fully saturated rings. The molecule has 0 spiro atoms. The molecule has 1 saturated heterocycles. The molecule has 0 aromatic carbocycles. The number of carbonyl (C=O) groups is 1. The van der Waals surface area contributed by atoms with Gasteiger partial charge in [-0.2, -0.15) is 22.1 Å². The van der Waals surface area contributed by atoms with Gasteiger partial charge in [-0.1, -0.05) is 60.5 Å². The van der Waals surface area contributed by atoms with Crippen molar-refractivity contribution in [1.29, 1.82) is 0 Å². The van der Waals surface area contributed by atoms with Crippen LogP contribution >= 0.6 is 0 Å². The maximum absolute atomic E-state index is 10.8. The summed E-state index contributed by atoms with van der Waals surface area (Å²) in [6, 6.07) is 0. The first kappa shape index (κ1) is 29.9. The lowest BCUT2D eigenvalue weighted by Crippen LogP contribution is -2.38. The van der Waals surface area contributed by atoms with E-state index in [4.69, 9.17) is 19.1 Å². The van der Waals surface area contributed by atoms with Crippen molar-refractivity contribution in [1.82, 2.24) is 4.90 Å². The molecule has 0 radical (unpaired) electrons. The van der Waals surface area contributed by atoms with Crippen LogP contribution in [0.5, 0.6) is 0 Å². The number of carbonyl (C=O) groups excluding carboxylic acids is 1. The lowest BCUT2D eigenvalue weighted by Gasteiger charge is -2.31. The van der Waals surface area contributed by atoms with Crippen molar-refractivity contribution in [3.63, 3.8) is 0 Å². The van der Waals surface area contributed by atoms with Gasteiger partial charge < -0.3 is 9.64 Å². The summed E-state index contributed by atoms with van der Waals surface area (Å²) in [5.41, 5.74) is 0. The number of nitrogens with zero attached hydrogens (tertiary/aromatic N) is 1. The van der Waals surface area contributed by atoms with Crippen LogP contribution in [0, 0.1) is 0 Å². The van der Waals surface area contributed by atoms with E-state index in [1.54, 1.807) is 0 Å². The Balaban J connectivity index is 0.000000759. The Bertz CT molecular complexity index is 643. The minimum atomic E-state index is -5.02. The van der Waals surface area contributed by atoms with Gasteiger partial charge in [-0.15, -0.1) is 0 Å². The van der Waals surface area contributed by atoms with Gasteiger partial charge in [0.2, 0.25) is 0 Å². The van der Waals surface area contributed by atoms with Gasteiger partial charge in [-0.25, -0.2) is 4.79 Å². The van der Waals surface area contributed by atoms with Crippen LogP contribution in [0.4, 0.5) is 4.79 Å². The smallest absolute Gasteiger partial charge is 0.429 e. The van der Waals surface area contributed by atoms with Gasteiger partial charge in [0.15, 0.2) is 0 Å². The second-order valence-electron chi connectivity index (χ2n) is 6.97. The van der Waals surface area contributed by atoms with Crippen LogP contribution in [0.3, 0.4) is 0 Å². The summed E-state index contributed by atoms with van der Waals surface area (Å²) in [5, 5.41) is 8.17. The Morgan fingerprint density at radius 2 is 1.32 bits per heavy atom. The molecule has 13 nitrogen and oxygen atoms in total. The van der Waals surface area contributed by atoms with Crippen LogP contribution < -0.4 is 0 Å². The molecule has 1 aliphatic heterocycles. The minimum Gasteiger partial charge on any atom is -0.429 e. The number of rotatable bonds is 13. The van der Waals surface area contributed by atoms with Gasteiger partial charge in [-0.05, 0) is 25.8 Å². The zero-order valence-electron chi connectivity index (χ0n) is 17.5. The summed E-state index contributed by atoms with van der Waals surface area (Å²) in [5.74, 6) is 0. The monoisotopic (exact) mass is 495 g/mol. The lowest BCUT2D eigenvalue weighted by atomic mass is 10.1. The highest BCUT2D eigenvalue weighted by atomic mass is 32.3. The van der Waals surface area contributed by atoms with Crippen molar-refractivity contribution in [3.05, 3.63) is 0 Å². The van der Waals surface area contributed by atoms with E-state index in [1.807, 2.05) is 0 Å². The topological polar surface area (TPSA) is 186 Å². The van der Waals surface area contributed by atoms with E-state index in [9.17, 15) is 21.6 Å².